The van der Waals surface area contributed by atoms with Crippen molar-refractivity contribution in [2.45, 2.75) is 13.3 Å². The first-order valence-corrected chi connectivity index (χ1v) is 8.14. The Hall–Kier alpha value is -3.43. The van der Waals surface area contributed by atoms with E-state index in [-0.39, 0.29) is 30.8 Å². The molecule has 1 amide bonds. The van der Waals surface area contributed by atoms with Gasteiger partial charge in [0.25, 0.3) is 0 Å². The minimum atomic E-state index is -4.74. The smallest absolute Gasteiger partial charge is 0.492 e. The monoisotopic (exact) mass is 396 g/mol. The number of anilines is 2. The Balaban J connectivity index is 1.79. The molecule has 0 atom stereocenters. The number of guanidine groups is 1. The number of hydrogen-bond acceptors (Lipinski definition) is 4. The van der Waals surface area contributed by atoms with E-state index in [9.17, 15) is 18.0 Å². The molecule has 0 unspecified atom stereocenters. The molecule has 0 aliphatic heterocycles. The molecule has 2 aromatic rings. The number of aliphatic imine (C=N–C) groups is 1. The summed E-state index contributed by atoms with van der Waals surface area (Å²) in [7, 11) is 0. The molecule has 0 aliphatic carbocycles. The summed E-state index contributed by atoms with van der Waals surface area (Å²) in [5.74, 6) is 0.135. The summed E-state index contributed by atoms with van der Waals surface area (Å²) in [5, 5.41) is 5.40. The van der Waals surface area contributed by atoms with Crippen molar-refractivity contribution in [1.29, 1.82) is 0 Å². The molecular weight excluding hydrogens is 377 g/mol. The van der Waals surface area contributed by atoms with E-state index in [0.29, 0.717) is 17.1 Å². The molecule has 2 rings (SSSR count). The zero-order valence-electron chi connectivity index (χ0n) is 14.9. The highest BCUT2D eigenvalue weighted by molar-refractivity contribution is 5.92. The van der Waals surface area contributed by atoms with Gasteiger partial charge in [0.05, 0.1) is 6.54 Å². The van der Waals surface area contributed by atoms with E-state index in [2.05, 4.69) is 20.4 Å². The fourth-order valence-corrected chi connectivity index (χ4v) is 2.12. The maximum atomic E-state index is 12.1. The number of amides is 1. The number of nitrogens with zero attached hydrogens (tertiary/aromatic N) is 1. The van der Waals surface area contributed by atoms with Gasteiger partial charge in [0.1, 0.15) is 18.1 Å². The lowest BCUT2D eigenvalue weighted by Gasteiger charge is -2.10. The number of carbonyl (C=O) groups excluding carboxylic acids is 1. The average molecular weight is 396 g/mol. The van der Waals surface area contributed by atoms with Gasteiger partial charge in [-0.15, -0.1) is 13.2 Å². The molecule has 10 heteroatoms. The van der Waals surface area contributed by atoms with Gasteiger partial charge in [0.15, 0.2) is 5.96 Å². The Morgan fingerprint density at radius 1 is 1.07 bits per heavy atom. The van der Waals surface area contributed by atoms with Crippen LogP contribution in [0.25, 0.3) is 0 Å². The van der Waals surface area contributed by atoms with Crippen molar-refractivity contribution in [1.82, 2.24) is 0 Å². The van der Waals surface area contributed by atoms with Gasteiger partial charge in [0.2, 0.25) is 5.91 Å². The molecule has 0 saturated carbocycles. The highest BCUT2D eigenvalue weighted by atomic mass is 19.4. The van der Waals surface area contributed by atoms with E-state index < -0.39 is 6.36 Å². The van der Waals surface area contributed by atoms with Crippen LogP contribution in [0.2, 0.25) is 0 Å². The predicted octanol–water partition coefficient (Wildman–Crippen LogP) is 3.35. The van der Waals surface area contributed by atoms with Crippen LogP contribution in [0.5, 0.6) is 11.5 Å². The second-order valence-electron chi connectivity index (χ2n) is 5.52. The van der Waals surface area contributed by atoms with E-state index in [1.807, 2.05) is 0 Å². The topological polar surface area (TPSA) is 98.0 Å². The van der Waals surface area contributed by atoms with Crippen LogP contribution in [0.15, 0.2) is 53.5 Å². The maximum Gasteiger partial charge on any atom is 0.573 e. The number of ether oxygens (including phenoxy) is 2. The minimum absolute atomic E-state index is 0.0834. The highest BCUT2D eigenvalue weighted by Gasteiger charge is 2.30. The zero-order chi connectivity index (χ0) is 20.6. The van der Waals surface area contributed by atoms with Crippen molar-refractivity contribution >= 4 is 23.2 Å². The Labute approximate surface area is 159 Å². The summed E-state index contributed by atoms with van der Waals surface area (Å²) in [6.07, 6.45) is -4.74. The fourth-order valence-electron chi connectivity index (χ4n) is 2.12. The quantitative estimate of drug-likeness (QED) is 0.379. The number of halogens is 3. The van der Waals surface area contributed by atoms with Gasteiger partial charge in [-0.3, -0.25) is 4.79 Å². The van der Waals surface area contributed by atoms with Gasteiger partial charge in [-0.25, -0.2) is 4.99 Å². The predicted molar refractivity (Wildman–Crippen MR) is 99.5 cm³/mol. The van der Waals surface area contributed by atoms with Gasteiger partial charge in [0, 0.05) is 24.4 Å². The van der Waals surface area contributed by atoms with Crippen molar-refractivity contribution < 1.29 is 27.4 Å². The van der Waals surface area contributed by atoms with Gasteiger partial charge < -0.3 is 25.8 Å². The van der Waals surface area contributed by atoms with E-state index >= 15 is 0 Å². The molecule has 7 nitrogen and oxygen atoms in total. The van der Waals surface area contributed by atoms with Crippen LogP contribution in [0.4, 0.5) is 24.5 Å². The molecule has 0 heterocycles. The van der Waals surface area contributed by atoms with Crippen LogP contribution in [-0.2, 0) is 4.79 Å². The van der Waals surface area contributed by atoms with Gasteiger partial charge >= 0.3 is 6.36 Å². The molecule has 0 aromatic heterocycles. The van der Waals surface area contributed by atoms with Crippen LogP contribution in [0.3, 0.4) is 0 Å². The molecule has 0 spiro atoms. The van der Waals surface area contributed by atoms with Crippen LogP contribution >= 0.6 is 0 Å². The molecular formula is C18H19F3N4O3. The molecule has 4 N–H and O–H groups in total. The standard InChI is InChI=1S/C18H19F3N4O3/c1-12(26)24-14-3-2-4-16(11-14)27-10-9-23-17(22)25-13-5-7-15(8-6-13)28-18(19,20)21/h2-8,11H,9-10H2,1H3,(H,24,26)(H3,22,23,25). The van der Waals surface area contributed by atoms with Crippen molar-refractivity contribution in [3.8, 4) is 11.5 Å². The number of nitrogens with one attached hydrogen (secondary N) is 2. The highest BCUT2D eigenvalue weighted by Crippen LogP contribution is 2.23. The van der Waals surface area contributed by atoms with Gasteiger partial charge in [-0.05, 0) is 36.4 Å². The van der Waals surface area contributed by atoms with Crippen LogP contribution in [-0.4, -0.2) is 31.4 Å². The number of carbonyl (C=O) groups is 1. The second-order valence-corrected chi connectivity index (χ2v) is 5.52. The van der Waals surface area contributed by atoms with E-state index in [1.165, 1.54) is 19.1 Å². The number of hydrogen-bond donors (Lipinski definition) is 3. The van der Waals surface area contributed by atoms with Crippen LogP contribution in [0.1, 0.15) is 6.92 Å². The largest absolute Gasteiger partial charge is 0.573 e. The van der Waals surface area contributed by atoms with Crippen molar-refractivity contribution in [2.24, 2.45) is 10.7 Å². The molecule has 150 valence electrons. The van der Waals surface area contributed by atoms with Gasteiger partial charge in [-0.1, -0.05) is 6.07 Å². The number of benzene rings is 2. The fraction of sp³-hybridized carbons (Fsp3) is 0.222. The van der Waals surface area contributed by atoms with Crippen LogP contribution < -0.4 is 25.8 Å². The Bertz CT molecular complexity index is 824. The van der Waals surface area contributed by atoms with Gasteiger partial charge in [-0.2, -0.15) is 0 Å². The lowest BCUT2D eigenvalue weighted by molar-refractivity contribution is -0.274. The first-order chi connectivity index (χ1) is 13.2. The van der Waals surface area contributed by atoms with E-state index in [4.69, 9.17) is 10.5 Å². The summed E-state index contributed by atoms with van der Waals surface area (Å²) >= 11 is 0. The molecule has 0 fully saturated rings. The van der Waals surface area contributed by atoms with Crippen LogP contribution in [0, 0.1) is 0 Å². The van der Waals surface area contributed by atoms with Crippen molar-refractivity contribution in [3.05, 3.63) is 48.5 Å². The SMILES string of the molecule is CC(=O)Nc1cccc(OCCN=C(N)Nc2ccc(OC(F)(F)F)cc2)c1. The third-order valence-corrected chi connectivity index (χ3v) is 3.16. The maximum absolute atomic E-state index is 12.1. The molecule has 0 radical (unpaired) electrons. The third kappa shape index (κ3) is 7.85. The van der Waals surface area contributed by atoms with Crippen molar-refractivity contribution in [2.75, 3.05) is 23.8 Å². The Kier molecular flexibility index (Phi) is 7.08. The van der Waals surface area contributed by atoms with Crippen molar-refractivity contribution in [3.63, 3.8) is 0 Å². The third-order valence-electron chi connectivity index (χ3n) is 3.16. The molecule has 2 aromatic carbocycles. The minimum Gasteiger partial charge on any atom is -0.492 e. The number of alkyl halides is 3. The summed E-state index contributed by atoms with van der Waals surface area (Å²) in [4.78, 5) is 15.1. The molecule has 0 saturated heterocycles. The summed E-state index contributed by atoms with van der Waals surface area (Å²) in [5.41, 5.74) is 6.80. The first kappa shape index (κ1) is 20.9. The average Bonchev–Trinajstić information content (AvgIpc) is 2.59. The molecule has 0 bridgehead atoms. The number of rotatable bonds is 7. The van der Waals surface area contributed by atoms with E-state index in [0.717, 1.165) is 12.1 Å². The summed E-state index contributed by atoms with van der Waals surface area (Å²) < 4.78 is 45.7. The van der Waals surface area contributed by atoms with E-state index in [1.54, 1.807) is 24.3 Å². The number of nitrogens with two attached hydrogens (primary N) is 1. The Morgan fingerprint density at radius 3 is 2.43 bits per heavy atom. The lowest BCUT2D eigenvalue weighted by atomic mass is 10.3. The zero-order valence-corrected chi connectivity index (χ0v) is 14.9. The second kappa shape index (κ2) is 9.49. The first-order valence-electron chi connectivity index (χ1n) is 8.14. The Morgan fingerprint density at radius 2 is 1.79 bits per heavy atom. The normalized spacial score (nSPS) is 11.6. The summed E-state index contributed by atoms with van der Waals surface area (Å²) in [6, 6.07) is 12.0. The summed E-state index contributed by atoms with van der Waals surface area (Å²) in [6.45, 7) is 1.90. The molecule has 0 aliphatic rings. The lowest BCUT2D eigenvalue weighted by Crippen LogP contribution is -2.23. The molecule has 28 heavy (non-hydrogen) atoms.